The summed E-state index contributed by atoms with van der Waals surface area (Å²) in [5, 5.41) is 8.50. The minimum absolute atomic E-state index is 0.212. The molecule has 0 spiro atoms. The Morgan fingerprint density at radius 3 is 2.18 bits per heavy atom. The van der Waals surface area contributed by atoms with Gasteiger partial charge in [0, 0.05) is 13.6 Å². The van der Waals surface area contributed by atoms with Gasteiger partial charge in [0.25, 0.3) is 0 Å². The fourth-order valence-electron chi connectivity index (χ4n) is 0.599. The zero-order valence-corrected chi connectivity index (χ0v) is 7.72. The van der Waals surface area contributed by atoms with Gasteiger partial charge in [-0.15, -0.1) is 0 Å². The molecule has 3 nitrogen and oxygen atoms in total. The van der Waals surface area contributed by atoms with Crippen LogP contribution in [0.5, 0.6) is 0 Å². The molecule has 0 unspecified atom stereocenters. The highest BCUT2D eigenvalue weighted by Crippen LogP contribution is 2.18. The van der Waals surface area contributed by atoms with Gasteiger partial charge in [-0.05, 0) is 11.8 Å². The van der Waals surface area contributed by atoms with E-state index in [4.69, 9.17) is 5.11 Å². The largest absolute Gasteiger partial charge is 0.465 e. The third-order valence-corrected chi connectivity index (χ3v) is 1.52. The van der Waals surface area contributed by atoms with Crippen LogP contribution in [0.15, 0.2) is 0 Å². The quantitative estimate of drug-likeness (QED) is 0.669. The Hall–Kier alpha value is -0.730. The molecule has 0 aliphatic rings. The second-order valence-electron chi connectivity index (χ2n) is 4.01. The Balaban J connectivity index is 3.63. The molecule has 0 aromatic heterocycles. The van der Waals surface area contributed by atoms with Gasteiger partial charge >= 0.3 is 6.09 Å². The number of carboxylic acid groups (broad SMARTS) is 1. The number of rotatable bonds is 2. The molecule has 0 radical (unpaired) electrons. The minimum Gasteiger partial charge on any atom is -0.465 e. The smallest absolute Gasteiger partial charge is 0.407 e. The molecule has 1 N–H and O–H groups in total. The molecule has 11 heavy (non-hydrogen) atoms. The highest BCUT2D eigenvalue weighted by Gasteiger charge is 2.13. The fraction of sp³-hybridized carbons (Fsp3) is 0.875. The lowest BCUT2D eigenvalue weighted by atomic mass is 9.92. The molecule has 66 valence electrons. The first-order valence-electron chi connectivity index (χ1n) is 3.77. The van der Waals surface area contributed by atoms with Crippen LogP contribution in [-0.4, -0.2) is 29.7 Å². The number of nitrogens with zero attached hydrogens (tertiary/aromatic N) is 1. The first-order chi connectivity index (χ1) is 4.83. The molecule has 0 fully saturated rings. The van der Waals surface area contributed by atoms with Gasteiger partial charge in [-0.3, -0.25) is 0 Å². The summed E-state index contributed by atoms with van der Waals surface area (Å²) in [5.74, 6) is 0. The molecule has 0 bridgehead atoms. The van der Waals surface area contributed by atoms with E-state index >= 15 is 0 Å². The molecule has 0 aliphatic carbocycles. The topological polar surface area (TPSA) is 40.5 Å². The summed E-state index contributed by atoms with van der Waals surface area (Å²) in [5.41, 5.74) is 0.212. The molecule has 0 saturated carbocycles. The highest BCUT2D eigenvalue weighted by molar-refractivity contribution is 5.64. The Morgan fingerprint density at radius 1 is 1.45 bits per heavy atom. The van der Waals surface area contributed by atoms with Gasteiger partial charge in [-0.2, -0.15) is 0 Å². The van der Waals surface area contributed by atoms with Crippen LogP contribution in [0.25, 0.3) is 0 Å². The zero-order chi connectivity index (χ0) is 9.07. The summed E-state index contributed by atoms with van der Waals surface area (Å²) in [6, 6.07) is 0. The van der Waals surface area contributed by atoms with E-state index in [0.717, 1.165) is 6.42 Å². The van der Waals surface area contributed by atoms with Gasteiger partial charge in [-0.1, -0.05) is 20.8 Å². The molecular weight excluding hydrogens is 142 g/mol. The molecule has 3 heteroatoms. The number of carbonyl (C=O) groups is 1. The average Bonchev–Trinajstić information content (AvgIpc) is 1.80. The maximum Gasteiger partial charge on any atom is 0.407 e. The lowest BCUT2D eigenvalue weighted by Gasteiger charge is -2.21. The van der Waals surface area contributed by atoms with Gasteiger partial charge in [-0.25, -0.2) is 4.79 Å². The normalized spacial score (nSPS) is 11.3. The van der Waals surface area contributed by atoms with Crippen molar-refractivity contribution in [3.63, 3.8) is 0 Å². The van der Waals surface area contributed by atoms with Crippen LogP contribution in [-0.2, 0) is 0 Å². The number of hydrogen-bond acceptors (Lipinski definition) is 1. The van der Waals surface area contributed by atoms with Gasteiger partial charge in [0.15, 0.2) is 0 Å². The molecule has 0 aliphatic heterocycles. The van der Waals surface area contributed by atoms with Gasteiger partial charge in [0.2, 0.25) is 0 Å². The van der Waals surface area contributed by atoms with E-state index in [1.54, 1.807) is 7.05 Å². The molecule has 0 atom stereocenters. The highest BCUT2D eigenvalue weighted by atomic mass is 16.4. The number of amides is 1. The van der Waals surface area contributed by atoms with E-state index in [1.165, 1.54) is 4.90 Å². The zero-order valence-electron chi connectivity index (χ0n) is 7.72. The molecule has 0 aromatic carbocycles. The van der Waals surface area contributed by atoms with E-state index in [-0.39, 0.29) is 5.41 Å². The van der Waals surface area contributed by atoms with Crippen LogP contribution < -0.4 is 0 Å². The summed E-state index contributed by atoms with van der Waals surface area (Å²) >= 11 is 0. The van der Waals surface area contributed by atoms with Crippen LogP contribution in [0, 0.1) is 5.41 Å². The molecule has 0 rings (SSSR count). The predicted octanol–water partition coefficient (Wildman–Crippen LogP) is 2.03. The van der Waals surface area contributed by atoms with Crippen LogP contribution in [0.4, 0.5) is 4.79 Å². The lowest BCUT2D eigenvalue weighted by Crippen LogP contribution is -2.28. The van der Waals surface area contributed by atoms with Crippen molar-refractivity contribution in [2.45, 2.75) is 27.2 Å². The van der Waals surface area contributed by atoms with Crippen LogP contribution >= 0.6 is 0 Å². The molecule has 0 aromatic rings. The summed E-state index contributed by atoms with van der Waals surface area (Å²) < 4.78 is 0. The Bertz CT molecular complexity index is 138. The summed E-state index contributed by atoms with van der Waals surface area (Å²) in [7, 11) is 1.59. The van der Waals surface area contributed by atoms with Gasteiger partial charge in [0.05, 0.1) is 0 Å². The van der Waals surface area contributed by atoms with E-state index in [1.807, 2.05) is 0 Å². The minimum atomic E-state index is -0.853. The van der Waals surface area contributed by atoms with E-state index in [2.05, 4.69) is 20.8 Å². The Morgan fingerprint density at radius 2 is 1.91 bits per heavy atom. The van der Waals surface area contributed by atoms with Crippen molar-refractivity contribution < 1.29 is 9.90 Å². The SMILES string of the molecule is CN(CCC(C)(C)C)C(=O)O. The Labute approximate surface area is 68.0 Å². The fourth-order valence-corrected chi connectivity index (χ4v) is 0.599. The first kappa shape index (κ1) is 10.3. The molecule has 0 heterocycles. The predicted molar refractivity (Wildman–Crippen MR) is 44.7 cm³/mol. The van der Waals surface area contributed by atoms with Gasteiger partial charge < -0.3 is 10.0 Å². The van der Waals surface area contributed by atoms with Crippen molar-refractivity contribution in [1.29, 1.82) is 0 Å². The molecule has 0 saturated heterocycles. The van der Waals surface area contributed by atoms with Crippen molar-refractivity contribution >= 4 is 6.09 Å². The second-order valence-corrected chi connectivity index (χ2v) is 4.01. The monoisotopic (exact) mass is 159 g/mol. The van der Waals surface area contributed by atoms with Crippen molar-refractivity contribution in [2.75, 3.05) is 13.6 Å². The second kappa shape index (κ2) is 3.60. The van der Waals surface area contributed by atoms with Crippen molar-refractivity contribution in [3.8, 4) is 0 Å². The summed E-state index contributed by atoms with van der Waals surface area (Å²) in [4.78, 5) is 11.7. The first-order valence-corrected chi connectivity index (χ1v) is 3.77. The average molecular weight is 159 g/mol. The van der Waals surface area contributed by atoms with Crippen LogP contribution in [0.1, 0.15) is 27.2 Å². The van der Waals surface area contributed by atoms with Gasteiger partial charge in [0.1, 0.15) is 0 Å². The molecule has 1 amide bonds. The maximum absolute atomic E-state index is 10.3. The third-order valence-electron chi connectivity index (χ3n) is 1.52. The van der Waals surface area contributed by atoms with Crippen molar-refractivity contribution in [1.82, 2.24) is 4.90 Å². The summed E-state index contributed by atoms with van der Waals surface area (Å²) in [6.07, 6.45) is 0.0461. The number of hydrogen-bond donors (Lipinski definition) is 1. The van der Waals surface area contributed by atoms with E-state index in [0.29, 0.717) is 6.54 Å². The lowest BCUT2D eigenvalue weighted by molar-refractivity contribution is 0.150. The third kappa shape index (κ3) is 5.70. The van der Waals surface area contributed by atoms with Crippen LogP contribution in [0.2, 0.25) is 0 Å². The van der Waals surface area contributed by atoms with Crippen molar-refractivity contribution in [3.05, 3.63) is 0 Å². The van der Waals surface area contributed by atoms with E-state index in [9.17, 15) is 4.79 Å². The Kier molecular flexibility index (Phi) is 3.36. The molecular formula is C8H17NO2. The standard InChI is InChI=1S/C8H17NO2/c1-8(2,3)5-6-9(4)7(10)11/h5-6H2,1-4H3,(H,10,11). The van der Waals surface area contributed by atoms with Crippen LogP contribution in [0.3, 0.4) is 0 Å². The summed E-state index contributed by atoms with van der Waals surface area (Å²) in [6.45, 7) is 6.91. The maximum atomic E-state index is 10.3. The van der Waals surface area contributed by atoms with Crippen molar-refractivity contribution in [2.24, 2.45) is 5.41 Å². The van der Waals surface area contributed by atoms with E-state index < -0.39 is 6.09 Å².